The Hall–Kier alpha value is -2.09. The van der Waals surface area contributed by atoms with Crippen LogP contribution in [-0.2, 0) is 16.1 Å². The van der Waals surface area contributed by atoms with Gasteiger partial charge in [-0.3, -0.25) is 4.79 Å². The van der Waals surface area contributed by atoms with Crippen LogP contribution in [0.2, 0.25) is 0 Å². The van der Waals surface area contributed by atoms with Crippen molar-refractivity contribution in [3.63, 3.8) is 0 Å². The summed E-state index contributed by atoms with van der Waals surface area (Å²) in [6.07, 6.45) is 1.24. The van der Waals surface area contributed by atoms with Gasteiger partial charge in [-0.2, -0.15) is 4.99 Å². The SMILES string of the molecule is COCCn1c(=NC(=O)CCCSc2ccc(OC)cc2)sc2cc(C)c(C)cc21. The minimum Gasteiger partial charge on any atom is -0.497 e. The van der Waals surface area contributed by atoms with Gasteiger partial charge in [0, 0.05) is 25.0 Å². The number of carbonyl (C=O) groups is 1. The highest BCUT2D eigenvalue weighted by Crippen LogP contribution is 2.23. The number of aromatic nitrogens is 1. The lowest BCUT2D eigenvalue weighted by atomic mass is 10.1. The van der Waals surface area contributed by atoms with Crippen molar-refractivity contribution in [2.45, 2.75) is 38.1 Å². The van der Waals surface area contributed by atoms with Crippen LogP contribution in [0.1, 0.15) is 24.0 Å². The fourth-order valence-electron chi connectivity index (χ4n) is 3.05. The summed E-state index contributed by atoms with van der Waals surface area (Å²) in [5.41, 5.74) is 3.60. The maximum absolute atomic E-state index is 12.5. The smallest absolute Gasteiger partial charge is 0.248 e. The summed E-state index contributed by atoms with van der Waals surface area (Å²) >= 11 is 3.31. The van der Waals surface area contributed by atoms with Crippen molar-refractivity contribution in [3.8, 4) is 5.75 Å². The summed E-state index contributed by atoms with van der Waals surface area (Å²) in [5, 5.41) is 0. The van der Waals surface area contributed by atoms with Gasteiger partial charge in [-0.15, -0.1) is 11.8 Å². The van der Waals surface area contributed by atoms with E-state index in [0.717, 1.165) is 32.9 Å². The van der Waals surface area contributed by atoms with Crippen molar-refractivity contribution in [2.75, 3.05) is 26.6 Å². The van der Waals surface area contributed by atoms with E-state index in [9.17, 15) is 4.79 Å². The van der Waals surface area contributed by atoms with Crippen LogP contribution in [0.15, 0.2) is 46.3 Å². The zero-order chi connectivity index (χ0) is 21.5. The monoisotopic (exact) mass is 444 g/mol. The maximum Gasteiger partial charge on any atom is 0.248 e. The third-order valence-corrected chi connectivity index (χ3v) is 7.04. The number of carbonyl (C=O) groups excluding carboxylic acids is 1. The van der Waals surface area contributed by atoms with Gasteiger partial charge in [0.2, 0.25) is 5.91 Å². The number of hydrogen-bond acceptors (Lipinski definition) is 5. The minimum atomic E-state index is -0.0727. The number of nitrogens with zero attached hydrogens (tertiary/aromatic N) is 2. The number of benzene rings is 2. The molecule has 30 heavy (non-hydrogen) atoms. The third-order valence-electron chi connectivity index (χ3n) is 4.90. The van der Waals surface area contributed by atoms with Crippen LogP contribution in [0.4, 0.5) is 0 Å². The Labute approximate surface area is 185 Å². The van der Waals surface area contributed by atoms with E-state index >= 15 is 0 Å². The first-order chi connectivity index (χ1) is 14.5. The molecule has 0 aliphatic heterocycles. The Bertz CT molecular complexity index is 1070. The number of thioether (sulfide) groups is 1. The number of hydrogen-bond donors (Lipinski definition) is 0. The Balaban J connectivity index is 1.67. The van der Waals surface area contributed by atoms with E-state index < -0.39 is 0 Å². The van der Waals surface area contributed by atoms with Gasteiger partial charge in [0.05, 0.1) is 23.9 Å². The molecular formula is C23H28N2O3S2. The molecule has 0 N–H and O–H groups in total. The van der Waals surface area contributed by atoms with E-state index in [0.29, 0.717) is 19.6 Å². The van der Waals surface area contributed by atoms with Crippen LogP contribution >= 0.6 is 23.1 Å². The van der Waals surface area contributed by atoms with Crippen molar-refractivity contribution < 1.29 is 14.3 Å². The summed E-state index contributed by atoms with van der Waals surface area (Å²) in [4.78, 5) is 18.9. The van der Waals surface area contributed by atoms with Gasteiger partial charge < -0.3 is 14.0 Å². The fraction of sp³-hybridized carbons (Fsp3) is 0.391. The number of methoxy groups -OCH3 is 2. The molecule has 0 atom stereocenters. The molecule has 3 aromatic rings. The highest BCUT2D eigenvalue weighted by Gasteiger charge is 2.10. The van der Waals surface area contributed by atoms with E-state index in [-0.39, 0.29) is 5.91 Å². The van der Waals surface area contributed by atoms with Crippen molar-refractivity contribution >= 4 is 39.2 Å². The molecule has 0 saturated heterocycles. The molecule has 0 radical (unpaired) electrons. The zero-order valence-electron chi connectivity index (χ0n) is 17.9. The zero-order valence-corrected chi connectivity index (χ0v) is 19.6. The molecule has 0 aliphatic rings. The minimum absolute atomic E-state index is 0.0727. The van der Waals surface area contributed by atoms with Gasteiger partial charge in [-0.1, -0.05) is 11.3 Å². The Kier molecular flexibility index (Phi) is 8.13. The molecule has 1 aromatic heterocycles. The first kappa shape index (κ1) is 22.6. The van der Waals surface area contributed by atoms with Crippen LogP contribution in [0.5, 0.6) is 5.75 Å². The van der Waals surface area contributed by atoms with E-state index in [2.05, 4.69) is 35.5 Å². The highest BCUT2D eigenvalue weighted by molar-refractivity contribution is 7.99. The molecule has 3 rings (SSSR count). The van der Waals surface area contributed by atoms with Crippen molar-refractivity contribution in [2.24, 2.45) is 4.99 Å². The van der Waals surface area contributed by atoms with Gasteiger partial charge in [-0.25, -0.2) is 0 Å². The molecule has 2 aromatic carbocycles. The number of rotatable bonds is 9. The summed E-state index contributed by atoms with van der Waals surface area (Å²) < 4.78 is 13.7. The van der Waals surface area contributed by atoms with Crippen LogP contribution in [0.3, 0.4) is 0 Å². The summed E-state index contributed by atoms with van der Waals surface area (Å²) in [7, 11) is 3.35. The summed E-state index contributed by atoms with van der Waals surface area (Å²) in [6.45, 7) is 5.48. The van der Waals surface area contributed by atoms with Crippen molar-refractivity contribution in [3.05, 3.63) is 52.3 Å². The van der Waals surface area contributed by atoms with Crippen LogP contribution in [0.25, 0.3) is 10.2 Å². The van der Waals surface area contributed by atoms with Gasteiger partial charge in [0.15, 0.2) is 4.80 Å². The lowest BCUT2D eigenvalue weighted by Gasteiger charge is -2.06. The lowest BCUT2D eigenvalue weighted by Crippen LogP contribution is -2.19. The number of fused-ring (bicyclic) bond motifs is 1. The highest BCUT2D eigenvalue weighted by atomic mass is 32.2. The topological polar surface area (TPSA) is 52.8 Å². The molecule has 0 spiro atoms. The molecule has 160 valence electrons. The first-order valence-corrected chi connectivity index (χ1v) is 11.8. The number of aryl methyl sites for hydroxylation is 2. The molecule has 7 heteroatoms. The normalized spacial score (nSPS) is 11.9. The van der Waals surface area contributed by atoms with Crippen LogP contribution in [-0.4, -0.2) is 37.1 Å². The predicted molar refractivity (Wildman–Crippen MR) is 125 cm³/mol. The number of thiazole rings is 1. The van der Waals surface area contributed by atoms with E-state index in [4.69, 9.17) is 9.47 Å². The molecule has 0 saturated carbocycles. The molecule has 1 amide bonds. The second-order valence-electron chi connectivity index (χ2n) is 7.07. The Morgan fingerprint density at radius 2 is 1.87 bits per heavy atom. The Morgan fingerprint density at radius 3 is 2.57 bits per heavy atom. The molecule has 5 nitrogen and oxygen atoms in total. The second-order valence-corrected chi connectivity index (χ2v) is 9.24. The van der Waals surface area contributed by atoms with Crippen molar-refractivity contribution in [1.82, 2.24) is 4.57 Å². The number of ether oxygens (including phenoxy) is 2. The summed E-state index contributed by atoms with van der Waals surface area (Å²) in [6, 6.07) is 12.3. The lowest BCUT2D eigenvalue weighted by molar-refractivity contribution is -0.118. The van der Waals surface area contributed by atoms with Crippen molar-refractivity contribution in [1.29, 1.82) is 0 Å². The maximum atomic E-state index is 12.5. The van der Waals surface area contributed by atoms with Crippen LogP contribution in [0, 0.1) is 13.8 Å². The van der Waals surface area contributed by atoms with Gasteiger partial charge >= 0.3 is 0 Å². The average molecular weight is 445 g/mol. The predicted octanol–water partition coefficient (Wildman–Crippen LogP) is 4.97. The average Bonchev–Trinajstić information content (AvgIpc) is 3.06. The summed E-state index contributed by atoms with van der Waals surface area (Å²) in [5.74, 6) is 1.66. The van der Waals surface area contributed by atoms with Gasteiger partial charge in [-0.05, 0) is 73.5 Å². The largest absolute Gasteiger partial charge is 0.497 e. The molecular weight excluding hydrogens is 416 g/mol. The van der Waals surface area contributed by atoms with Crippen LogP contribution < -0.4 is 9.54 Å². The van der Waals surface area contributed by atoms with E-state index in [1.54, 1.807) is 37.3 Å². The fourth-order valence-corrected chi connectivity index (χ4v) is 5.06. The third kappa shape index (κ3) is 5.74. The molecule has 0 bridgehead atoms. The first-order valence-electron chi connectivity index (χ1n) is 9.95. The molecule has 0 aliphatic carbocycles. The van der Waals surface area contributed by atoms with Gasteiger partial charge in [0.1, 0.15) is 5.75 Å². The van der Waals surface area contributed by atoms with E-state index in [1.165, 1.54) is 16.0 Å². The Morgan fingerprint density at radius 1 is 1.13 bits per heavy atom. The standard InChI is InChI=1S/C23H28N2O3S2/c1-16-14-20-21(15-17(16)2)30-23(25(20)11-12-27-3)24-22(26)6-5-13-29-19-9-7-18(28-4)8-10-19/h7-10,14-15H,5-6,11-13H2,1-4H3. The molecule has 1 heterocycles. The molecule has 0 unspecified atom stereocenters. The van der Waals surface area contributed by atoms with E-state index in [1.807, 2.05) is 24.3 Å². The quantitative estimate of drug-likeness (QED) is 0.345. The second kappa shape index (κ2) is 10.8. The molecule has 0 fully saturated rings. The van der Waals surface area contributed by atoms with Gasteiger partial charge in [0.25, 0.3) is 0 Å². The number of amides is 1.